The van der Waals surface area contributed by atoms with Gasteiger partial charge in [-0.05, 0) is 12.1 Å². The van der Waals surface area contributed by atoms with Crippen molar-refractivity contribution in [3.8, 4) is 11.5 Å². The average Bonchev–Trinajstić information content (AvgIpc) is 2.54. The van der Waals surface area contributed by atoms with Gasteiger partial charge in [0.25, 0.3) is 0 Å². The molecule has 0 amide bonds. The summed E-state index contributed by atoms with van der Waals surface area (Å²) in [6, 6.07) is 7.40. The summed E-state index contributed by atoms with van der Waals surface area (Å²) in [4.78, 5) is 8.45. The summed E-state index contributed by atoms with van der Waals surface area (Å²) >= 11 is 0. The van der Waals surface area contributed by atoms with Crippen molar-refractivity contribution in [1.29, 1.82) is 0 Å². The van der Waals surface area contributed by atoms with E-state index in [-0.39, 0.29) is 0 Å². The molecule has 1 atom stereocenters. The maximum absolute atomic E-state index is 6.40. The van der Waals surface area contributed by atoms with Crippen molar-refractivity contribution in [3.63, 3.8) is 0 Å². The van der Waals surface area contributed by atoms with Gasteiger partial charge in [-0.2, -0.15) is 0 Å². The molecule has 0 aliphatic carbocycles. The summed E-state index contributed by atoms with van der Waals surface area (Å²) in [5.74, 6) is 0.708. The zero-order valence-electron chi connectivity index (χ0n) is 13.0. The summed E-state index contributed by atoms with van der Waals surface area (Å²) in [5, 5.41) is 3.22. The maximum Gasteiger partial charge on any atom is 0.188 e. The highest BCUT2D eigenvalue weighted by atomic mass is 16.5. The van der Waals surface area contributed by atoms with Crippen LogP contribution in [-0.4, -0.2) is 30.8 Å². The molecule has 0 radical (unpaired) electrons. The van der Waals surface area contributed by atoms with Gasteiger partial charge in [0.1, 0.15) is 17.3 Å². The van der Waals surface area contributed by atoms with Crippen molar-refractivity contribution in [2.24, 2.45) is 16.5 Å². The third-order valence-electron chi connectivity index (χ3n) is 3.72. The Labute approximate surface area is 134 Å². The number of pyridine rings is 1. The Hall–Kier alpha value is -2.80. The Morgan fingerprint density at radius 2 is 2.04 bits per heavy atom. The fourth-order valence-corrected chi connectivity index (χ4v) is 2.62. The number of methoxy groups -OCH3 is 2. The molecule has 0 saturated heterocycles. The summed E-state index contributed by atoms with van der Waals surface area (Å²) in [7, 11) is 3.21. The number of nitrogens with two attached hydrogens (primary N) is 2. The van der Waals surface area contributed by atoms with Crippen molar-refractivity contribution < 1.29 is 9.47 Å². The number of amidine groups is 1. The molecular formula is C16H19N5O2. The van der Waals surface area contributed by atoms with Gasteiger partial charge in [-0.25, -0.2) is 4.99 Å². The fourth-order valence-electron chi connectivity index (χ4n) is 2.62. The van der Waals surface area contributed by atoms with E-state index in [1.54, 1.807) is 26.6 Å². The van der Waals surface area contributed by atoms with Crippen LogP contribution in [0.4, 0.5) is 5.69 Å². The summed E-state index contributed by atoms with van der Waals surface area (Å²) in [6.07, 6.45) is 3.75. The van der Waals surface area contributed by atoms with E-state index in [2.05, 4.69) is 15.3 Å². The highest BCUT2D eigenvalue weighted by molar-refractivity contribution is 6.03. The van der Waals surface area contributed by atoms with Crippen molar-refractivity contribution in [2.45, 2.75) is 12.2 Å². The highest BCUT2D eigenvalue weighted by Gasteiger charge is 2.31. The first-order valence-corrected chi connectivity index (χ1v) is 7.12. The van der Waals surface area contributed by atoms with E-state index in [1.807, 2.05) is 24.3 Å². The topological polar surface area (TPSA) is 108 Å². The van der Waals surface area contributed by atoms with E-state index in [4.69, 9.17) is 20.9 Å². The Bertz CT molecular complexity index is 762. The minimum atomic E-state index is -1.06. The Morgan fingerprint density at radius 3 is 2.78 bits per heavy atom. The SMILES string of the molecule is COc1ccc(CC2(N)N=C(N)c3cnccc3N2)c(OC)c1. The van der Waals surface area contributed by atoms with E-state index in [9.17, 15) is 0 Å². The van der Waals surface area contributed by atoms with Crippen LogP contribution in [0.15, 0.2) is 41.7 Å². The van der Waals surface area contributed by atoms with Gasteiger partial charge in [-0.3, -0.25) is 10.7 Å². The van der Waals surface area contributed by atoms with E-state index in [1.165, 1.54) is 0 Å². The lowest BCUT2D eigenvalue weighted by Crippen LogP contribution is -2.52. The number of fused-ring (bicyclic) bond motifs is 1. The van der Waals surface area contributed by atoms with Crippen LogP contribution in [-0.2, 0) is 6.42 Å². The predicted octanol–water partition coefficient (Wildman–Crippen LogP) is 1.08. The Kier molecular flexibility index (Phi) is 3.79. The van der Waals surface area contributed by atoms with Gasteiger partial charge in [-0.1, -0.05) is 6.07 Å². The molecule has 0 spiro atoms. The molecule has 1 unspecified atom stereocenters. The molecule has 0 fully saturated rings. The number of aliphatic imine (C=N–C) groups is 1. The molecule has 1 aromatic heterocycles. The molecule has 1 aromatic carbocycles. The molecule has 5 N–H and O–H groups in total. The minimum Gasteiger partial charge on any atom is -0.497 e. The van der Waals surface area contributed by atoms with Crippen molar-refractivity contribution >= 4 is 11.5 Å². The van der Waals surface area contributed by atoms with Crippen LogP contribution < -0.4 is 26.3 Å². The van der Waals surface area contributed by atoms with Crippen molar-refractivity contribution in [3.05, 3.63) is 47.8 Å². The first-order valence-electron chi connectivity index (χ1n) is 7.12. The second kappa shape index (κ2) is 5.77. The van der Waals surface area contributed by atoms with Gasteiger partial charge in [0.15, 0.2) is 5.79 Å². The molecule has 2 heterocycles. The molecular weight excluding hydrogens is 294 g/mol. The Morgan fingerprint density at radius 1 is 1.22 bits per heavy atom. The summed E-state index contributed by atoms with van der Waals surface area (Å²) in [6.45, 7) is 0. The summed E-state index contributed by atoms with van der Waals surface area (Å²) in [5.41, 5.74) is 14.9. The van der Waals surface area contributed by atoms with Crippen molar-refractivity contribution in [2.75, 3.05) is 19.5 Å². The standard InChI is InChI=1S/C16H19N5O2/c1-22-11-4-3-10(14(7-11)23-2)8-16(18)20-13-5-6-19-9-12(13)15(17)21-16/h3-7,9,20H,8,18H2,1-2H3,(H2,17,21). The third-order valence-corrected chi connectivity index (χ3v) is 3.72. The monoisotopic (exact) mass is 313 g/mol. The number of benzene rings is 1. The molecule has 1 aliphatic rings. The number of nitrogens with zero attached hydrogens (tertiary/aromatic N) is 2. The minimum absolute atomic E-state index is 0.363. The van der Waals surface area contributed by atoms with Crippen molar-refractivity contribution in [1.82, 2.24) is 4.98 Å². The fraction of sp³-hybridized carbons (Fsp3) is 0.250. The van der Waals surface area contributed by atoms with Gasteiger partial charge in [0.2, 0.25) is 0 Å². The van der Waals surface area contributed by atoms with Gasteiger partial charge in [-0.15, -0.1) is 0 Å². The molecule has 0 saturated carbocycles. The number of nitrogens with one attached hydrogen (secondary N) is 1. The van der Waals surface area contributed by atoms with Crippen LogP contribution in [0.1, 0.15) is 11.1 Å². The molecule has 1 aliphatic heterocycles. The molecule has 7 nitrogen and oxygen atoms in total. The van der Waals surface area contributed by atoms with Crippen LogP contribution in [0.5, 0.6) is 11.5 Å². The van der Waals surface area contributed by atoms with Crippen LogP contribution in [0, 0.1) is 0 Å². The average molecular weight is 313 g/mol. The van der Waals surface area contributed by atoms with E-state index >= 15 is 0 Å². The van der Waals surface area contributed by atoms with Gasteiger partial charge in [0.05, 0.1) is 25.5 Å². The molecule has 7 heteroatoms. The zero-order valence-corrected chi connectivity index (χ0v) is 13.0. The normalized spacial score (nSPS) is 19.3. The molecule has 23 heavy (non-hydrogen) atoms. The maximum atomic E-state index is 6.40. The number of ether oxygens (including phenoxy) is 2. The smallest absolute Gasteiger partial charge is 0.188 e. The number of aromatic nitrogens is 1. The molecule has 3 rings (SSSR count). The molecule has 120 valence electrons. The van der Waals surface area contributed by atoms with E-state index < -0.39 is 5.79 Å². The second-order valence-electron chi connectivity index (χ2n) is 5.32. The third kappa shape index (κ3) is 2.91. The van der Waals surface area contributed by atoms with Gasteiger partial charge in [0, 0.05) is 30.4 Å². The second-order valence-corrected chi connectivity index (χ2v) is 5.32. The number of hydrogen-bond acceptors (Lipinski definition) is 7. The molecule has 0 bridgehead atoms. The van der Waals surface area contributed by atoms with Crippen LogP contribution >= 0.6 is 0 Å². The lowest BCUT2D eigenvalue weighted by molar-refractivity contribution is 0.386. The van der Waals surface area contributed by atoms with Crippen LogP contribution in [0.3, 0.4) is 0 Å². The van der Waals surface area contributed by atoms with E-state index in [0.717, 1.165) is 16.8 Å². The Balaban J connectivity index is 1.93. The molecule has 2 aromatic rings. The van der Waals surface area contributed by atoms with Crippen LogP contribution in [0.25, 0.3) is 0 Å². The quantitative estimate of drug-likeness (QED) is 0.779. The van der Waals surface area contributed by atoms with E-state index in [0.29, 0.717) is 23.8 Å². The number of anilines is 1. The highest BCUT2D eigenvalue weighted by Crippen LogP contribution is 2.30. The lowest BCUT2D eigenvalue weighted by Gasteiger charge is -2.33. The number of rotatable bonds is 4. The number of hydrogen-bond donors (Lipinski definition) is 3. The zero-order chi connectivity index (χ0) is 16.4. The van der Waals surface area contributed by atoms with Gasteiger partial charge < -0.3 is 20.5 Å². The van der Waals surface area contributed by atoms with Gasteiger partial charge >= 0.3 is 0 Å². The lowest BCUT2D eigenvalue weighted by atomic mass is 10.0. The summed E-state index contributed by atoms with van der Waals surface area (Å²) < 4.78 is 10.6. The van der Waals surface area contributed by atoms with Crippen LogP contribution in [0.2, 0.25) is 0 Å². The largest absolute Gasteiger partial charge is 0.497 e. The predicted molar refractivity (Wildman–Crippen MR) is 88.8 cm³/mol. The first kappa shape index (κ1) is 15.1. The first-order chi connectivity index (χ1) is 11.0.